The zero-order chi connectivity index (χ0) is 20.1. The van der Waals surface area contributed by atoms with Crippen LogP contribution in [0.15, 0.2) is 77.7 Å². The first-order chi connectivity index (χ1) is 13.4. The van der Waals surface area contributed by atoms with Crippen LogP contribution in [0.25, 0.3) is 11.6 Å². The number of nitriles is 1. The smallest absolute Gasteiger partial charge is 0.339 e. The highest BCUT2D eigenvalue weighted by Crippen LogP contribution is 2.30. The Hall–Kier alpha value is -3.07. The van der Waals surface area contributed by atoms with Crippen LogP contribution in [0.4, 0.5) is 0 Å². The van der Waals surface area contributed by atoms with Crippen LogP contribution in [0.3, 0.4) is 0 Å². The van der Waals surface area contributed by atoms with E-state index in [-0.39, 0.29) is 10.6 Å². The van der Waals surface area contributed by atoms with E-state index in [0.29, 0.717) is 21.7 Å². The molecular formula is C22H16ClNO3S. The standard InChI is InChI=1S/C22H16ClNO3S/c1-16-7-9-17(10-8-16)19(15-24)13-18-14-20(23)11-12-22(18)27-28(25,26)21-5-3-2-4-6-21/h2-14H,1H3/b19-13+. The quantitative estimate of drug-likeness (QED) is 0.318. The van der Waals surface area contributed by atoms with Crippen molar-refractivity contribution in [3.8, 4) is 11.8 Å². The second-order valence-corrected chi connectivity index (χ2v) is 8.05. The first-order valence-corrected chi connectivity index (χ1v) is 10.2. The fourth-order valence-corrected chi connectivity index (χ4v) is 3.69. The van der Waals surface area contributed by atoms with Crippen molar-refractivity contribution in [3.05, 3.63) is 94.5 Å². The van der Waals surface area contributed by atoms with Crippen molar-refractivity contribution in [1.82, 2.24) is 0 Å². The summed E-state index contributed by atoms with van der Waals surface area (Å²) >= 11 is 6.08. The third-order valence-electron chi connectivity index (χ3n) is 3.99. The van der Waals surface area contributed by atoms with Gasteiger partial charge in [0, 0.05) is 10.6 Å². The number of hydrogen-bond acceptors (Lipinski definition) is 4. The van der Waals surface area contributed by atoms with E-state index in [2.05, 4.69) is 6.07 Å². The molecule has 0 spiro atoms. The molecule has 4 nitrogen and oxygen atoms in total. The minimum Gasteiger partial charge on any atom is -0.378 e. The summed E-state index contributed by atoms with van der Waals surface area (Å²) in [6.07, 6.45) is 1.56. The van der Waals surface area contributed by atoms with E-state index in [9.17, 15) is 13.7 Å². The van der Waals surface area contributed by atoms with E-state index in [1.165, 1.54) is 24.3 Å². The Balaban J connectivity index is 2.04. The second kappa shape index (κ2) is 8.30. The Morgan fingerprint density at radius 3 is 2.36 bits per heavy atom. The summed E-state index contributed by atoms with van der Waals surface area (Å²) in [6.45, 7) is 1.96. The van der Waals surface area contributed by atoms with Crippen LogP contribution >= 0.6 is 11.6 Å². The number of nitrogens with zero attached hydrogens (tertiary/aromatic N) is 1. The molecule has 0 unspecified atom stereocenters. The van der Waals surface area contributed by atoms with Crippen molar-refractivity contribution in [1.29, 1.82) is 5.26 Å². The van der Waals surface area contributed by atoms with E-state index in [1.807, 2.05) is 31.2 Å². The summed E-state index contributed by atoms with van der Waals surface area (Å²) in [6, 6.07) is 22.0. The fraction of sp³-hybridized carbons (Fsp3) is 0.0455. The molecular weight excluding hydrogens is 394 g/mol. The molecule has 0 radical (unpaired) electrons. The minimum atomic E-state index is -4.02. The summed E-state index contributed by atoms with van der Waals surface area (Å²) < 4.78 is 30.5. The molecule has 140 valence electrons. The normalized spacial score (nSPS) is 11.7. The average Bonchev–Trinajstić information content (AvgIpc) is 2.69. The van der Waals surface area contributed by atoms with Crippen molar-refractivity contribution >= 4 is 33.4 Å². The molecule has 28 heavy (non-hydrogen) atoms. The summed E-state index contributed by atoms with van der Waals surface area (Å²) in [5.74, 6) is 0.0908. The predicted molar refractivity (Wildman–Crippen MR) is 110 cm³/mol. The van der Waals surface area contributed by atoms with Gasteiger partial charge in [-0.3, -0.25) is 0 Å². The largest absolute Gasteiger partial charge is 0.378 e. The highest BCUT2D eigenvalue weighted by molar-refractivity contribution is 7.87. The molecule has 0 atom stereocenters. The van der Waals surface area contributed by atoms with Crippen LogP contribution in [-0.2, 0) is 10.1 Å². The van der Waals surface area contributed by atoms with Gasteiger partial charge in [0.15, 0.2) is 0 Å². The van der Waals surface area contributed by atoms with Gasteiger partial charge >= 0.3 is 10.1 Å². The third-order valence-corrected chi connectivity index (χ3v) is 5.47. The third kappa shape index (κ3) is 4.61. The number of benzene rings is 3. The molecule has 0 saturated carbocycles. The lowest BCUT2D eigenvalue weighted by Crippen LogP contribution is -2.10. The highest BCUT2D eigenvalue weighted by atomic mass is 35.5. The maximum Gasteiger partial charge on any atom is 0.339 e. The molecule has 3 aromatic carbocycles. The molecule has 0 aliphatic rings. The lowest BCUT2D eigenvalue weighted by atomic mass is 10.0. The van der Waals surface area contributed by atoms with Crippen molar-refractivity contribution in [2.75, 3.05) is 0 Å². The van der Waals surface area contributed by atoms with E-state index in [0.717, 1.165) is 5.56 Å². The van der Waals surface area contributed by atoms with Gasteiger partial charge in [-0.2, -0.15) is 13.7 Å². The van der Waals surface area contributed by atoms with Crippen molar-refractivity contribution in [2.45, 2.75) is 11.8 Å². The van der Waals surface area contributed by atoms with E-state index < -0.39 is 10.1 Å². The Morgan fingerprint density at radius 2 is 1.71 bits per heavy atom. The number of halogens is 1. The molecule has 0 fully saturated rings. The highest BCUT2D eigenvalue weighted by Gasteiger charge is 2.18. The topological polar surface area (TPSA) is 67.2 Å². The van der Waals surface area contributed by atoms with Gasteiger partial charge in [-0.05, 0) is 48.9 Å². The summed E-state index contributed by atoms with van der Waals surface area (Å²) in [4.78, 5) is 0.0407. The summed E-state index contributed by atoms with van der Waals surface area (Å²) in [5, 5.41) is 9.97. The Bertz CT molecular complexity index is 1160. The second-order valence-electron chi connectivity index (χ2n) is 6.07. The number of allylic oxidation sites excluding steroid dienone is 1. The molecule has 0 bridgehead atoms. The number of hydrogen-bond donors (Lipinski definition) is 0. The molecule has 6 heteroatoms. The molecule has 3 aromatic rings. The Morgan fingerprint density at radius 1 is 1.04 bits per heavy atom. The molecule has 0 saturated heterocycles. The van der Waals surface area contributed by atoms with Gasteiger partial charge in [-0.15, -0.1) is 0 Å². The zero-order valence-electron chi connectivity index (χ0n) is 15.0. The number of aryl methyl sites for hydroxylation is 1. The molecule has 0 N–H and O–H groups in total. The van der Waals surface area contributed by atoms with Gasteiger partial charge in [0.05, 0.1) is 11.6 Å². The van der Waals surface area contributed by atoms with Crippen LogP contribution in [0, 0.1) is 18.3 Å². The molecule has 0 aromatic heterocycles. The Labute approximate surface area is 169 Å². The Kier molecular flexibility index (Phi) is 5.84. The summed E-state index contributed by atoms with van der Waals surface area (Å²) in [5.41, 5.74) is 2.54. The predicted octanol–water partition coefficient (Wildman–Crippen LogP) is 5.48. The fourth-order valence-electron chi connectivity index (χ4n) is 2.53. The van der Waals surface area contributed by atoms with Gasteiger partial charge in [-0.1, -0.05) is 59.6 Å². The van der Waals surface area contributed by atoms with Crippen molar-refractivity contribution in [3.63, 3.8) is 0 Å². The maximum absolute atomic E-state index is 12.6. The van der Waals surface area contributed by atoms with E-state index in [1.54, 1.807) is 30.3 Å². The van der Waals surface area contributed by atoms with Gasteiger partial charge < -0.3 is 4.18 Å². The molecule has 0 amide bonds. The van der Waals surface area contributed by atoms with Crippen molar-refractivity contribution in [2.24, 2.45) is 0 Å². The minimum absolute atomic E-state index is 0.0407. The molecule has 3 rings (SSSR count). The van der Waals surface area contributed by atoms with Crippen LogP contribution in [-0.4, -0.2) is 8.42 Å². The lowest BCUT2D eigenvalue weighted by molar-refractivity contribution is 0.485. The van der Waals surface area contributed by atoms with Crippen molar-refractivity contribution < 1.29 is 12.6 Å². The van der Waals surface area contributed by atoms with Crippen LogP contribution in [0.2, 0.25) is 5.02 Å². The zero-order valence-corrected chi connectivity index (χ0v) is 16.5. The van der Waals surface area contributed by atoms with Gasteiger partial charge in [0.25, 0.3) is 0 Å². The molecule has 0 aliphatic heterocycles. The van der Waals surface area contributed by atoms with E-state index >= 15 is 0 Å². The monoisotopic (exact) mass is 409 g/mol. The SMILES string of the molecule is Cc1ccc(/C(C#N)=C/c2cc(Cl)ccc2OS(=O)(=O)c2ccccc2)cc1. The first kappa shape index (κ1) is 19.7. The van der Waals surface area contributed by atoms with Crippen LogP contribution in [0.5, 0.6) is 5.75 Å². The molecule has 0 aliphatic carbocycles. The van der Waals surface area contributed by atoms with Gasteiger partial charge in [-0.25, -0.2) is 0 Å². The van der Waals surface area contributed by atoms with Gasteiger partial charge in [0.1, 0.15) is 10.6 Å². The van der Waals surface area contributed by atoms with E-state index in [4.69, 9.17) is 15.8 Å². The average molecular weight is 410 g/mol. The molecule has 0 heterocycles. The van der Waals surface area contributed by atoms with Crippen LogP contribution < -0.4 is 4.18 Å². The summed E-state index contributed by atoms with van der Waals surface area (Å²) in [7, 11) is -4.02. The first-order valence-electron chi connectivity index (χ1n) is 8.37. The lowest BCUT2D eigenvalue weighted by Gasteiger charge is -2.10. The number of rotatable bonds is 5. The van der Waals surface area contributed by atoms with Gasteiger partial charge in [0.2, 0.25) is 0 Å². The van der Waals surface area contributed by atoms with Crippen LogP contribution in [0.1, 0.15) is 16.7 Å². The maximum atomic E-state index is 12.6.